The molecule has 2 rings (SSSR count). The van der Waals surface area contributed by atoms with Gasteiger partial charge in [-0.05, 0) is 40.2 Å². The van der Waals surface area contributed by atoms with Crippen molar-refractivity contribution in [1.29, 1.82) is 0 Å². The molecule has 0 atom stereocenters. The second kappa shape index (κ2) is 5.98. The van der Waals surface area contributed by atoms with Crippen LogP contribution in [0.1, 0.15) is 10.4 Å². The van der Waals surface area contributed by atoms with Crippen LogP contribution in [0, 0.1) is 10.1 Å². The highest BCUT2D eigenvalue weighted by molar-refractivity contribution is 9.10. The highest BCUT2D eigenvalue weighted by atomic mass is 79.9. The topological polar surface area (TPSA) is 85.1 Å². The number of carbonyl (C=O) groups excluding carboxylic acids is 1. The Balaban J connectivity index is 2.32. The van der Waals surface area contributed by atoms with E-state index in [4.69, 9.17) is 11.6 Å². The summed E-state index contributed by atoms with van der Waals surface area (Å²) in [6.45, 7) is 0. The first-order valence-electron chi connectivity index (χ1n) is 5.35. The number of pyridine rings is 1. The van der Waals surface area contributed by atoms with Gasteiger partial charge >= 0.3 is 5.69 Å². The molecule has 102 valence electrons. The molecule has 1 aromatic carbocycles. The smallest absolute Gasteiger partial charge is 0.300 e. The van der Waals surface area contributed by atoms with E-state index in [9.17, 15) is 14.9 Å². The number of nitro groups is 1. The average Bonchev–Trinajstić information content (AvgIpc) is 2.40. The Morgan fingerprint density at radius 1 is 1.35 bits per heavy atom. The molecule has 6 nitrogen and oxygen atoms in total. The third-order valence-corrected chi connectivity index (χ3v) is 3.16. The van der Waals surface area contributed by atoms with Gasteiger partial charge in [0.05, 0.1) is 4.92 Å². The largest absolute Gasteiger partial charge is 0.306 e. The van der Waals surface area contributed by atoms with Gasteiger partial charge in [0.1, 0.15) is 16.4 Å². The molecule has 0 aliphatic carbocycles. The lowest BCUT2D eigenvalue weighted by molar-refractivity contribution is -0.385. The van der Waals surface area contributed by atoms with Crippen molar-refractivity contribution < 1.29 is 9.72 Å². The van der Waals surface area contributed by atoms with Crippen molar-refractivity contribution >= 4 is 44.9 Å². The number of rotatable bonds is 3. The molecule has 0 unspecified atom stereocenters. The minimum Gasteiger partial charge on any atom is -0.306 e. The predicted molar refractivity (Wildman–Crippen MR) is 78.0 cm³/mol. The molecule has 0 fully saturated rings. The number of aromatic nitrogens is 1. The molecule has 0 saturated heterocycles. The lowest BCUT2D eigenvalue weighted by Crippen LogP contribution is -2.14. The van der Waals surface area contributed by atoms with E-state index >= 15 is 0 Å². The SMILES string of the molecule is O=C(Nc1ccc(Br)cn1)c1cccc(Cl)c1[N+](=O)[O-]. The van der Waals surface area contributed by atoms with E-state index in [1.54, 1.807) is 12.1 Å². The fourth-order valence-corrected chi connectivity index (χ4v) is 2.00. The van der Waals surface area contributed by atoms with Gasteiger partial charge in [0.2, 0.25) is 0 Å². The molecule has 20 heavy (non-hydrogen) atoms. The Labute approximate surface area is 127 Å². The van der Waals surface area contributed by atoms with E-state index in [1.165, 1.54) is 24.4 Å². The van der Waals surface area contributed by atoms with Crippen LogP contribution in [0.25, 0.3) is 0 Å². The molecular weight excluding hydrogens is 350 g/mol. The van der Waals surface area contributed by atoms with E-state index in [-0.39, 0.29) is 16.4 Å². The molecular formula is C12H7BrClN3O3. The van der Waals surface area contributed by atoms with Crippen molar-refractivity contribution in [3.63, 3.8) is 0 Å². The van der Waals surface area contributed by atoms with Crippen LogP contribution in [0.3, 0.4) is 0 Å². The quantitative estimate of drug-likeness (QED) is 0.672. The third kappa shape index (κ3) is 3.12. The fourth-order valence-electron chi connectivity index (χ4n) is 1.52. The van der Waals surface area contributed by atoms with Crippen LogP contribution >= 0.6 is 27.5 Å². The maximum atomic E-state index is 12.1. The standard InChI is InChI=1S/C12H7BrClN3O3/c13-7-4-5-10(15-6-7)16-12(18)8-2-1-3-9(14)11(8)17(19)20/h1-6H,(H,15,16,18). The lowest BCUT2D eigenvalue weighted by atomic mass is 10.1. The minimum atomic E-state index is -0.688. The number of hydrogen-bond acceptors (Lipinski definition) is 4. The van der Waals surface area contributed by atoms with Crippen molar-refractivity contribution in [3.05, 3.63) is 61.7 Å². The molecule has 0 saturated carbocycles. The van der Waals surface area contributed by atoms with E-state index in [0.29, 0.717) is 0 Å². The fraction of sp³-hybridized carbons (Fsp3) is 0. The number of halogens is 2. The van der Waals surface area contributed by atoms with Gasteiger partial charge in [0.25, 0.3) is 5.91 Å². The first-order valence-corrected chi connectivity index (χ1v) is 6.52. The zero-order chi connectivity index (χ0) is 14.7. The Bertz CT molecular complexity index is 676. The van der Waals surface area contributed by atoms with Crippen LogP contribution in [-0.2, 0) is 0 Å². The Kier molecular flexibility index (Phi) is 4.31. The molecule has 0 spiro atoms. The van der Waals surface area contributed by atoms with E-state index in [1.807, 2.05) is 0 Å². The summed E-state index contributed by atoms with van der Waals surface area (Å²) in [5, 5.41) is 13.3. The van der Waals surface area contributed by atoms with Crippen molar-refractivity contribution in [3.8, 4) is 0 Å². The van der Waals surface area contributed by atoms with Gasteiger partial charge in [-0.3, -0.25) is 14.9 Å². The summed E-state index contributed by atoms with van der Waals surface area (Å²) in [7, 11) is 0. The third-order valence-electron chi connectivity index (χ3n) is 2.38. The average molecular weight is 357 g/mol. The molecule has 1 N–H and O–H groups in total. The number of para-hydroxylation sites is 1. The summed E-state index contributed by atoms with van der Waals surface area (Å²) in [5.41, 5.74) is -0.545. The summed E-state index contributed by atoms with van der Waals surface area (Å²) in [6, 6.07) is 7.42. The summed E-state index contributed by atoms with van der Waals surface area (Å²) < 4.78 is 0.754. The van der Waals surface area contributed by atoms with Gasteiger partial charge in [-0.25, -0.2) is 4.98 Å². The highest BCUT2D eigenvalue weighted by Gasteiger charge is 2.23. The molecule has 0 aliphatic rings. The number of hydrogen-bond donors (Lipinski definition) is 1. The normalized spacial score (nSPS) is 10.1. The van der Waals surface area contributed by atoms with Gasteiger partial charge in [-0.1, -0.05) is 17.7 Å². The molecule has 2 aromatic rings. The summed E-state index contributed by atoms with van der Waals surface area (Å²) in [6.07, 6.45) is 1.50. The van der Waals surface area contributed by atoms with Gasteiger partial charge < -0.3 is 5.32 Å². The summed E-state index contributed by atoms with van der Waals surface area (Å²) in [5.74, 6) is -0.360. The molecule has 8 heteroatoms. The number of benzene rings is 1. The monoisotopic (exact) mass is 355 g/mol. The number of nitro benzene ring substituents is 1. The first-order chi connectivity index (χ1) is 9.49. The molecule has 1 amide bonds. The lowest BCUT2D eigenvalue weighted by Gasteiger charge is -2.06. The first kappa shape index (κ1) is 14.4. The van der Waals surface area contributed by atoms with Crippen molar-refractivity contribution in [2.24, 2.45) is 0 Å². The van der Waals surface area contributed by atoms with E-state index in [0.717, 1.165) is 4.47 Å². The van der Waals surface area contributed by atoms with Crippen molar-refractivity contribution in [2.75, 3.05) is 5.32 Å². The predicted octanol–water partition coefficient (Wildman–Crippen LogP) is 3.66. The zero-order valence-electron chi connectivity index (χ0n) is 9.84. The molecule has 1 heterocycles. The zero-order valence-corrected chi connectivity index (χ0v) is 12.2. The Hall–Kier alpha value is -1.99. The number of amides is 1. The van der Waals surface area contributed by atoms with Crippen LogP contribution in [-0.4, -0.2) is 15.8 Å². The van der Waals surface area contributed by atoms with Crippen molar-refractivity contribution in [2.45, 2.75) is 0 Å². The van der Waals surface area contributed by atoms with Crippen LogP contribution in [0.4, 0.5) is 11.5 Å². The van der Waals surface area contributed by atoms with Gasteiger partial charge in [-0.15, -0.1) is 0 Å². The second-order valence-corrected chi connectivity index (χ2v) is 5.03. The number of carbonyl (C=O) groups is 1. The summed E-state index contributed by atoms with van der Waals surface area (Å²) in [4.78, 5) is 26.3. The van der Waals surface area contributed by atoms with E-state index in [2.05, 4.69) is 26.2 Å². The Morgan fingerprint density at radius 2 is 2.10 bits per heavy atom. The summed E-state index contributed by atoms with van der Waals surface area (Å²) >= 11 is 8.96. The molecule has 0 radical (unpaired) electrons. The number of anilines is 1. The van der Waals surface area contributed by atoms with Gasteiger partial charge in [-0.2, -0.15) is 0 Å². The van der Waals surface area contributed by atoms with Gasteiger partial charge in [0.15, 0.2) is 0 Å². The van der Waals surface area contributed by atoms with Crippen LogP contribution < -0.4 is 5.32 Å². The van der Waals surface area contributed by atoms with Crippen LogP contribution in [0.5, 0.6) is 0 Å². The maximum absolute atomic E-state index is 12.1. The van der Waals surface area contributed by atoms with E-state index < -0.39 is 16.5 Å². The Morgan fingerprint density at radius 3 is 2.70 bits per heavy atom. The maximum Gasteiger partial charge on any atom is 0.300 e. The van der Waals surface area contributed by atoms with Crippen LogP contribution in [0.15, 0.2) is 41.0 Å². The number of nitrogens with one attached hydrogen (secondary N) is 1. The van der Waals surface area contributed by atoms with Gasteiger partial charge in [0, 0.05) is 10.7 Å². The highest BCUT2D eigenvalue weighted by Crippen LogP contribution is 2.28. The number of nitrogens with zero attached hydrogens (tertiary/aromatic N) is 2. The van der Waals surface area contributed by atoms with Crippen molar-refractivity contribution in [1.82, 2.24) is 4.98 Å². The van der Waals surface area contributed by atoms with Crippen LogP contribution in [0.2, 0.25) is 5.02 Å². The molecule has 1 aromatic heterocycles. The second-order valence-electron chi connectivity index (χ2n) is 3.71. The molecule has 0 aliphatic heterocycles. The molecule has 0 bridgehead atoms. The minimum absolute atomic E-state index is 0.0913.